The minimum Gasteiger partial charge on any atom is -0.383 e. The first-order valence-corrected chi connectivity index (χ1v) is 7.92. The first-order valence-electron chi connectivity index (χ1n) is 7.92. The monoisotopic (exact) mass is 275 g/mol. The molecule has 3 nitrogen and oxygen atoms in total. The van der Waals surface area contributed by atoms with Gasteiger partial charge in [-0.2, -0.15) is 0 Å². The van der Waals surface area contributed by atoms with E-state index in [2.05, 4.69) is 67.1 Å². The van der Waals surface area contributed by atoms with Crippen LogP contribution in [0.3, 0.4) is 0 Å². The standard InChI is InChI=1S/C17H29N3/c1-14(2)18-16-7-5-8-17(13-16)20-10-6-9-19(11-12-20)15(3)4/h5,7-8,13-15,18H,6,9-12H2,1-4H3. The van der Waals surface area contributed by atoms with Gasteiger partial charge >= 0.3 is 0 Å². The summed E-state index contributed by atoms with van der Waals surface area (Å²) < 4.78 is 0. The van der Waals surface area contributed by atoms with Crippen molar-refractivity contribution in [1.82, 2.24) is 4.90 Å². The average Bonchev–Trinajstić information content (AvgIpc) is 2.64. The third-order valence-electron chi connectivity index (χ3n) is 3.93. The summed E-state index contributed by atoms with van der Waals surface area (Å²) in [5.74, 6) is 0. The Morgan fingerprint density at radius 2 is 1.80 bits per heavy atom. The van der Waals surface area contributed by atoms with Crippen molar-refractivity contribution in [2.24, 2.45) is 0 Å². The molecule has 0 unspecified atom stereocenters. The topological polar surface area (TPSA) is 18.5 Å². The molecule has 20 heavy (non-hydrogen) atoms. The SMILES string of the molecule is CC(C)Nc1cccc(N2CCCN(C(C)C)CC2)c1. The lowest BCUT2D eigenvalue weighted by Crippen LogP contribution is -2.35. The summed E-state index contributed by atoms with van der Waals surface area (Å²) in [6, 6.07) is 9.96. The van der Waals surface area contributed by atoms with Crippen LogP contribution in [0, 0.1) is 0 Å². The molecule has 0 aromatic heterocycles. The number of rotatable bonds is 4. The number of hydrogen-bond donors (Lipinski definition) is 1. The van der Waals surface area contributed by atoms with Crippen molar-refractivity contribution in [3.63, 3.8) is 0 Å². The Bertz CT molecular complexity index is 414. The highest BCUT2D eigenvalue weighted by Gasteiger charge is 2.17. The minimum absolute atomic E-state index is 0.478. The maximum Gasteiger partial charge on any atom is 0.0387 e. The largest absolute Gasteiger partial charge is 0.383 e. The fourth-order valence-corrected chi connectivity index (χ4v) is 2.84. The molecule has 2 rings (SSSR count). The van der Waals surface area contributed by atoms with Crippen LogP contribution < -0.4 is 10.2 Å². The molecule has 1 saturated heterocycles. The van der Waals surface area contributed by atoms with Crippen LogP contribution in [-0.4, -0.2) is 43.2 Å². The lowest BCUT2D eigenvalue weighted by Gasteiger charge is -2.26. The van der Waals surface area contributed by atoms with Crippen LogP contribution in [0.1, 0.15) is 34.1 Å². The molecule has 1 N–H and O–H groups in total. The van der Waals surface area contributed by atoms with Gasteiger partial charge in [-0.15, -0.1) is 0 Å². The van der Waals surface area contributed by atoms with Crippen molar-refractivity contribution in [2.45, 2.75) is 46.2 Å². The van der Waals surface area contributed by atoms with Gasteiger partial charge in [-0.25, -0.2) is 0 Å². The summed E-state index contributed by atoms with van der Waals surface area (Å²) in [7, 11) is 0. The van der Waals surface area contributed by atoms with E-state index in [0.29, 0.717) is 12.1 Å². The second kappa shape index (κ2) is 6.98. The van der Waals surface area contributed by atoms with Crippen LogP contribution in [0.4, 0.5) is 11.4 Å². The molecule has 1 aliphatic heterocycles. The van der Waals surface area contributed by atoms with E-state index in [1.165, 1.54) is 30.9 Å². The van der Waals surface area contributed by atoms with E-state index in [0.717, 1.165) is 13.1 Å². The average molecular weight is 275 g/mol. The maximum atomic E-state index is 3.49. The number of hydrogen-bond acceptors (Lipinski definition) is 3. The highest BCUT2D eigenvalue weighted by Crippen LogP contribution is 2.21. The minimum atomic E-state index is 0.478. The lowest BCUT2D eigenvalue weighted by molar-refractivity contribution is 0.238. The van der Waals surface area contributed by atoms with Crippen LogP contribution in [0.15, 0.2) is 24.3 Å². The highest BCUT2D eigenvalue weighted by atomic mass is 15.2. The molecule has 1 aliphatic rings. The van der Waals surface area contributed by atoms with Crippen molar-refractivity contribution in [2.75, 3.05) is 36.4 Å². The predicted molar refractivity (Wildman–Crippen MR) is 88.7 cm³/mol. The van der Waals surface area contributed by atoms with Gasteiger partial charge < -0.3 is 10.2 Å². The van der Waals surface area contributed by atoms with Gasteiger partial charge in [0.2, 0.25) is 0 Å². The molecule has 0 radical (unpaired) electrons. The van der Waals surface area contributed by atoms with Crippen molar-refractivity contribution >= 4 is 11.4 Å². The third-order valence-corrected chi connectivity index (χ3v) is 3.93. The molecule has 0 aliphatic carbocycles. The van der Waals surface area contributed by atoms with Gasteiger partial charge in [0.05, 0.1) is 0 Å². The van der Waals surface area contributed by atoms with Crippen LogP contribution in [0.25, 0.3) is 0 Å². The Hall–Kier alpha value is -1.22. The molecular weight excluding hydrogens is 246 g/mol. The second-order valence-electron chi connectivity index (χ2n) is 6.32. The summed E-state index contributed by atoms with van der Waals surface area (Å²) in [6.07, 6.45) is 1.25. The Balaban J connectivity index is 2.04. The van der Waals surface area contributed by atoms with E-state index >= 15 is 0 Å². The van der Waals surface area contributed by atoms with Crippen LogP contribution >= 0.6 is 0 Å². The molecule has 1 fully saturated rings. The Morgan fingerprint density at radius 3 is 2.50 bits per heavy atom. The predicted octanol–water partition coefficient (Wildman–Crippen LogP) is 3.43. The van der Waals surface area contributed by atoms with Gasteiger partial charge in [-0.1, -0.05) is 6.07 Å². The van der Waals surface area contributed by atoms with Crippen LogP contribution in [-0.2, 0) is 0 Å². The van der Waals surface area contributed by atoms with Gasteiger partial charge in [-0.3, -0.25) is 4.90 Å². The van der Waals surface area contributed by atoms with E-state index in [9.17, 15) is 0 Å². The van der Waals surface area contributed by atoms with Gasteiger partial charge in [-0.05, 0) is 52.3 Å². The molecule has 0 saturated carbocycles. The van der Waals surface area contributed by atoms with Gasteiger partial charge in [0, 0.05) is 49.6 Å². The van der Waals surface area contributed by atoms with E-state index in [4.69, 9.17) is 0 Å². The van der Waals surface area contributed by atoms with E-state index in [1.807, 2.05) is 0 Å². The van der Waals surface area contributed by atoms with Gasteiger partial charge in [0.1, 0.15) is 0 Å². The summed E-state index contributed by atoms with van der Waals surface area (Å²) in [5, 5.41) is 3.49. The van der Waals surface area contributed by atoms with Gasteiger partial charge in [0.15, 0.2) is 0 Å². The number of nitrogens with zero attached hydrogens (tertiary/aromatic N) is 2. The summed E-state index contributed by atoms with van der Waals surface area (Å²) in [4.78, 5) is 5.10. The number of benzene rings is 1. The number of nitrogens with one attached hydrogen (secondary N) is 1. The van der Waals surface area contributed by atoms with Crippen molar-refractivity contribution in [1.29, 1.82) is 0 Å². The second-order valence-corrected chi connectivity index (χ2v) is 6.32. The molecular formula is C17H29N3. The Labute approximate surface area is 124 Å². The summed E-state index contributed by atoms with van der Waals surface area (Å²) in [6.45, 7) is 13.6. The van der Waals surface area contributed by atoms with Gasteiger partial charge in [0.25, 0.3) is 0 Å². The Kier molecular flexibility index (Phi) is 5.30. The van der Waals surface area contributed by atoms with Crippen molar-refractivity contribution in [3.05, 3.63) is 24.3 Å². The fraction of sp³-hybridized carbons (Fsp3) is 0.647. The Morgan fingerprint density at radius 1 is 1.00 bits per heavy atom. The third kappa shape index (κ3) is 4.14. The molecule has 3 heteroatoms. The maximum absolute atomic E-state index is 3.49. The normalized spacial score (nSPS) is 17.6. The fourth-order valence-electron chi connectivity index (χ4n) is 2.84. The molecule has 0 bridgehead atoms. The molecule has 1 heterocycles. The first-order chi connectivity index (χ1) is 9.56. The van der Waals surface area contributed by atoms with Crippen LogP contribution in [0.2, 0.25) is 0 Å². The summed E-state index contributed by atoms with van der Waals surface area (Å²) in [5.41, 5.74) is 2.57. The zero-order valence-electron chi connectivity index (χ0n) is 13.4. The quantitative estimate of drug-likeness (QED) is 0.908. The highest BCUT2D eigenvalue weighted by molar-refractivity contribution is 5.58. The van der Waals surface area contributed by atoms with E-state index in [-0.39, 0.29) is 0 Å². The molecule has 112 valence electrons. The zero-order valence-corrected chi connectivity index (χ0v) is 13.4. The van der Waals surface area contributed by atoms with E-state index in [1.54, 1.807) is 0 Å². The van der Waals surface area contributed by atoms with Crippen molar-refractivity contribution in [3.8, 4) is 0 Å². The first kappa shape index (κ1) is 15.2. The molecule has 0 atom stereocenters. The van der Waals surface area contributed by atoms with E-state index < -0.39 is 0 Å². The summed E-state index contributed by atoms with van der Waals surface area (Å²) >= 11 is 0. The van der Waals surface area contributed by atoms with Crippen LogP contribution in [0.5, 0.6) is 0 Å². The zero-order chi connectivity index (χ0) is 14.5. The number of anilines is 2. The lowest BCUT2D eigenvalue weighted by atomic mass is 10.2. The molecule has 1 aromatic carbocycles. The molecule has 0 amide bonds. The molecule has 1 aromatic rings. The van der Waals surface area contributed by atoms with Crippen molar-refractivity contribution < 1.29 is 0 Å². The molecule has 0 spiro atoms. The smallest absolute Gasteiger partial charge is 0.0387 e.